The van der Waals surface area contributed by atoms with Crippen molar-refractivity contribution in [2.45, 2.75) is 18.9 Å². The van der Waals surface area contributed by atoms with Gasteiger partial charge in [0.05, 0.1) is 17.7 Å². The molecule has 1 saturated heterocycles. The van der Waals surface area contributed by atoms with E-state index in [4.69, 9.17) is 16.7 Å². The summed E-state index contributed by atoms with van der Waals surface area (Å²) < 4.78 is 13.5. The topological polar surface area (TPSA) is 40.5 Å². The lowest BCUT2D eigenvalue weighted by Gasteiger charge is -2.21. The van der Waals surface area contributed by atoms with E-state index < -0.39 is 5.82 Å². The van der Waals surface area contributed by atoms with Crippen molar-refractivity contribution < 1.29 is 14.3 Å². The molecule has 1 fully saturated rings. The zero-order valence-electron chi connectivity index (χ0n) is 10.4. The Kier molecular flexibility index (Phi) is 4.56. The zero-order chi connectivity index (χ0) is 13.8. The SMILES string of the molecule is O=C(C=Cc1c(F)cccc1Cl)N1CCCC1CO. The summed E-state index contributed by atoms with van der Waals surface area (Å²) >= 11 is 5.87. The van der Waals surface area contributed by atoms with Gasteiger partial charge in [0.15, 0.2) is 0 Å². The Labute approximate surface area is 116 Å². The van der Waals surface area contributed by atoms with Crippen molar-refractivity contribution in [3.05, 3.63) is 40.7 Å². The largest absolute Gasteiger partial charge is 0.394 e. The third kappa shape index (κ3) is 3.14. The summed E-state index contributed by atoms with van der Waals surface area (Å²) in [5.74, 6) is -0.687. The molecule has 0 radical (unpaired) electrons. The lowest BCUT2D eigenvalue weighted by molar-refractivity contribution is -0.127. The van der Waals surface area contributed by atoms with Crippen molar-refractivity contribution >= 4 is 23.6 Å². The monoisotopic (exact) mass is 283 g/mol. The zero-order valence-corrected chi connectivity index (χ0v) is 11.1. The summed E-state index contributed by atoms with van der Waals surface area (Å²) in [6, 6.07) is 4.25. The van der Waals surface area contributed by atoms with Crippen LogP contribution in [0.3, 0.4) is 0 Å². The van der Waals surface area contributed by atoms with E-state index in [9.17, 15) is 9.18 Å². The van der Waals surface area contributed by atoms with Crippen LogP contribution in [-0.4, -0.2) is 35.1 Å². The molecule has 1 amide bonds. The molecule has 1 aliphatic heterocycles. The van der Waals surface area contributed by atoms with E-state index in [0.717, 1.165) is 12.8 Å². The van der Waals surface area contributed by atoms with E-state index in [1.165, 1.54) is 24.3 Å². The molecule has 0 aromatic heterocycles. The van der Waals surface area contributed by atoms with Crippen LogP contribution in [0.15, 0.2) is 24.3 Å². The van der Waals surface area contributed by atoms with Gasteiger partial charge < -0.3 is 10.0 Å². The molecule has 1 aromatic rings. The molecule has 3 nitrogen and oxygen atoms in total. The average Bonchev–Trinajstić information content (AvgIpc) is 2.86. The van der Waals surface area contributed by atoms with Crippen LogP contribution in [0.4, 0.5) is 4.39 Å². The first-order valence-electron chi connectivity index (χ1n) is 6.17. The van der Waals surface area contributed by atoms with E-state index in [-0.39, 0.29) is 29.1 Å². The number of aliphatic hydroxyl groups is 1. The second kappa shape index (κ2) is 6.17. The van der Waals surface area contributed by atoms with Crippen molar-refractivity contribution in [2.75, 3.05) is 13.2 Å². The Morgan fingerprint density at radius 2 is 2.37 bits per heavy atom. The van der Waals surface area contributed by atoms with Gasteiger partial charge in [-0.2, -0.15) is 0 Å². The molecule has 1 aliphatic rings. The minimum Gasteiger partial charge on any atom is -0.394 e. The number of hydrogen-bond donors (Lipinski definition) is 1. The summed E-state index contributed by atoms with van der Waals surface area (Å²) in [6.45, 7) is 0.583. The van der Waals surface area contributed by atoms with Crippen molar-refractivity contribution in [3.63, 3.8) is 0 Å². The number of rotatable bonds is 3. The van der Waals surface area contributed by atoms with Crippen LogP contribution >= 0.6 is 11.6 Å². The second-order valence-electron chi connectivity index (χ2n) is 4.48. The van der Waals surface area contributed by atoms with Crippen LogP contribution in [-0.2, 0) is 4.79 Å². The van der Waals surface area contributed by atoms with Gasteiger partial charge >= 0.3 is 0 Å². The van der Waals surface area contributed by atoms with E-state index in [0.29, 0.717) is 6.54 Å². The van der Waals surface area contributed by atoms with Gasteiger partial charge in [0.2, 0.25) is 5.91 Å². The molecule has 1 unspecified atom stereocenters. The Balaban J connectivity index is 2.12. The van der Waals surface area contributed by atoms with Crippen LogP contribution in [0, 0.1) is 5.82 Å². The van der Waals surface area contributed by atoms with E-state index in [1.807, 2.05) is 0 Å². The standard InChI is InChI=1S/C14H15ClFNO2/c15-12-4-1-5-13(16)11(12)6-7-14(19)17-8-2-3-10(17)9-18/h1,4-7,10,18H,2-3,8-9H2. The Morgan fingerprint density at radius 3 is 3.05 bits per heavy atom. The Bertz CT molecular complexity index is 484. The summed E-state index contributed by atoms with van der Waals surface area (Å²) in [5, 5.41) is 9.43. The van der Waals surface area contributed by atoms with Crippen molar-refractivity contribution in [3.8, 4) is 0 Å². The smallest absolute Gasteiger partial charge is 0.246 e. The molecule has 0 spiro atoms. The van der Waals surface area contributed by atoms with Gasteiger partial charge in [-0.1, -0.05) is 17.7 Å². The van der Waals surface area contributed by atoms with E-state index in [2.05, 4.69) is 0 Å². The molecule has 1 N–H and O–H groups in total. The lowest BCUT2D eigenvalue weighted by atomic mass is 10.2. The van der Waals surface area contributed by atoms with Gasteiger partial charge in [0.1, 0.15) is 5.82 Å². The minimum absolute atomic E-state index is 0.0416. The van der Waals surface area contributed by atoms with Crippen molar-refractivity contribution in [1.29, 1.82) is 0 Å². The molecule has 2 rings (SSSR count). The molecule has 5 heteroatoms. The molecule has 102 valence electrons. The maximum absolute atomic E-state index is 13.5. The predicted octanol–water partition coefficient (Wildman–Crippen LogP) is 2.48. The van der Waals surface area contributed by atoms with Gasteiger partial charge in [-0.15, -0.1) is 0 Å². The molecule has 1 heterocycles. The second-order valence-corrected chi connectivity index (χ2v) is 4.89. The van der Waals surface area contributed by atoms with Gasteiger partial charge in [-0.3, -0.25) is 4.79 Å². The third-order valence-electron chi connectivity index (χ3n) is 3.26. The van der Waals surface area contributed by atoms with Crippen LogP contribution in [0.5, 0.6) is 0 Å². The van der Waals surface area contributed by atoms with Crippen molar-refractivity contribution in [1.82, 2.24) is 4.90 Å². The lowest BCUT2D eigenvalue weighted by Crippen LogP contribution is -2.36. The molecule has 19 heavy (non-hydrogen) atoms. The summed E-state index contributed by atoms with van der Waals surface area (Å²) in [7, 11) is 0. The number of carbonyl (C=O) groups excluding carboxylic acids is 1. The average molecular weight is 284 g/mol. The highest BCUT2D eigenvalue weighted by atomic mass is 35.5. The number of aliphatic hydroxyl groups excluding tert-OH is 1. The quantitative estimate of drug-likeness (QED) is 0.866. The first-order chi connectivity index (χ1) is 9.13. The number of likely N-dealkylation sites (tertiary alicyclic amines) is 1. The molecule has 1 atom stereocenters. The van der Waals surface area contributed by atoms with Gasteiger partial charge in [-0.25, -0.2) is 4.39 Å². The first-order valence-corrected chi connectivity index (χ1v) is 6.55. The highest BCUT2D eigenvalue weighted by Crippen LogP contribution is 2.21. The highest BCUT2D eigenvalue weighted by Gasteiger charge is 2.26. The fourth-order valence-electron chi connectivity index (χ4n) is 2.24. The molecular formula is C14H15ClFNO2. The number of halogens is 2. The van der Waals surface area contributed by atoms with Crippen LogP contribution in [0.1, 0.15) is 18.4 Å². The Hall–Kier alpha value is -1.39. The maximum Gasteiger partial charge on any atom is 0.246 e. The molecular weight excluding hydrogens is 269 g/mol. The molecule has 0 bridgehead atoms. The number of nitrogens with zero attached hydrogens (tertiary/aromatic N) is 1. The fourth-order valence-corrected chi connectivity index (χ4v) is 2.46. The van der Waals surface area contributed by atoms with Crippen LogP contribution in [0.2, 0.25) is 5.02 Å². The summed E-state index contributed by atoms with van der Waals surface area (Å²) in [6.07, 6.45) is 4.37. The third-order valence-corrected chi connectivity index (χ3v) is 3.59. The fraction of sp³-hybridized carbons (Fsp3) is 0.357. The molecule has 0 saturated carbocycles. The minimum atomic E-state index is -0.461. The predicted molar refractivity (Wildman–Crippen MR) is 72.3 cm³/mol. The first kappa shape index (κ1) is 14.0. The van der Waals surface area contributed by atoms with Gasteiger partial charge in [0.25, 0.3) is 0 Å². The molecule has 0 aliphatic carbocycles. The van der Waals surface area contributed by atoms with Crippen LogP contribution < -0.4 is 0 Å². The van der Waals surface area contributed by atoms with Gasteiger partial charge in [0, 0.05) is 18.2 Å². The van der Waals surface area contributed by atoms with Gasteiger partial charge in [-0.05, 0) is 31.1 Å². The number of benzene rings is 1. The number of hydrogen-bond acceptors (Lipinski definition) is 2. The van der Waals surface area contributed by atoms with E-state index in [1.54, 1.807) is 11.0 Å². The Morgan fingerprint density at radius 1 is 1.58 bits per heavy atom. The maximum atomic E-state index is 13.5. The normalized spacial score (nSPS) is 19.3. The van der Waals surface area contributed by atoms with E-state index >= 15 is 0 Å². The van der Waals surface area contributed by atoms with Crippen molar-refractivity contribution in [2.24, 2.45) is 0 Å². The number of carbonyl (C=O) groups is 1. The molecule has 1 aromatic carbocycles. The summed E-state index contributed by atoms with van der Waals surface area (Å²) in [4.78, 5) is 13.6. The van der Waals surface area contributed by atoms with Crippen LogP contribution in [0.25, 0.3) is 6.08 Å². The highest BCUT2D eigenvalue weighted by molar-refractivity contribution is 6.32. The number of amides is 1. The summed E-state index contributed by atoms with van der Waals surface area (Å²) in [5.41, 5.74) is 0.206.